The number of nitrogens with one attached hydrogen (secondary N) is 3. The van der Waals surface area contributed by atoms with Crippen molar-refractivity contribution in [2.75, 3.05) is 11.9 Å². The summed E-state index contributed by atoms with van der Waals surface area (Å²) in [5.74, 6) is -0.274. The summed E-state index contributed by atoms with van der Waals surface area (Å²) < 4.78 is 43.7. The molecule has 1 atom stereocenters. The zero-order valence-electron chi connectivity index (χ0n) is 12.1. The molecular formula is C14H15F3N4O2. The van der Waals surface area contributed by atoms with Crippen LogP contribution in [0.1, 0.15) is 12.5 Å². The lowest BCUT2D eigenvalue weighted by atomic mass is 10.2. The topological polar surface area (TPSA) is 79.0 Å². The molecule has 0 fully saturated rings. The molecule has 2 rings (SSSR count). The Morgan fingerprint density at radius 2 is 2.13 bits per heavy atom. The first kappa shape index (κ1) is 16.7. The van der Waals surface area contributed by atoms with Crippen molar-refractivity contribution in [3.8, 4) is 5.75 Å². The van der Waals surface area contributed by atoms with Gasteiger partial charge in [0.2, 0.25) is 0 Å². The van der Waals surface area contributed by atoms with Crippen LogP contribution in [0.3, 0.4) is 0 Å². The molecule has 0 aliphatic heterocycles. The molecule has 1 aromatic heterocycles. The smallest absolute Gasteiger partial charge is 0.419 e. The number of ether oxygens (including phenoxy) is 1. The second kappa shape index (κ2) is 7.03. The van der Waals surface area contributed by atoms with E-state index in [9.17, 15) is 18.0 Å². The molecule has 0 aliphatic rings. The van der Waals surface area contributed by atoms with Crippen LogP contribution in [0.5, 0.6) is 5.75 Å². The van der Waals surface area contributed by atoms with E-state index in [1.807, 2.05) is 0 Å². The van der Waals surface area contributed by atoms with E-state index in [2.05, 4.69) is 20.8 Å². The Labute approximate surface area is 130 Å². The fraction of sp³-hybridized carbons (Fsp3) is 0.286. The van der Waals surface area contributed by atoms with E-state index in [1.54, 1.807) is 6.92 Å². The third kappa shape index (κ3) is 4.90. The van der Waals surface area contributed by atoms with Crippen LogP contribution in [-0.2, 0) is 6.18 Å². The Hall–Kier alpha value is -2.71. The average Bonchev–Trinajstić information content (AvgIpc) is 2.97. The first-order valence-electron chi connectivity index (χ1n) is 6.71. The molecule has 0 saturated carbocycles. The van der Waals surface area contributed by atoms with Crippen LogP contribution in [0.2, 0.25) is 0 Å². The van der Waals surface area contributed by atoms with Gasteiger partial charge < -0.3 is 15.4 Å². The number of nitrogens with zero attached hydrogens (tertiary/aromatic N) is 1. The highest BCUT2D eigenvalue weighted by Crippen LogP contribution is 2.35. The Balaban J connectivity index is 1.87. The summed E-state index contributed by atoms with van der Waals surface area (Å²) in [6.07, 6.45) is -1.59. The second-order valence-corrected chi connectivity index (χ2v) is 4.79. The number of urea groups is 1. The van der Waals surface area contributed by atoms with Crippen molar-refractivity contribution in [3.63, 3.8) is 0 Å². The number of H-pyrrole nitrogens is 1. The first-order chi connectivity index (χ1) is 10.9. The molecule has 9 heteroatoms. The van der Waals surface area contributed by atoms with Gasteiger partial charge in [-0.15, -0.1) is 0 Å². The number of hydrogen-bond acceptors (Lipinski definition) is 3. The highest BCUT2D eigenvalue weighted by Gasteiger charge is 2.34. The largest absolute Gasteiger partial charge is 0.491 e. The summed E-state index contributed by atoms with van der Waals surface area (Å²) in [7, 11) is 0. The minimum absolute atomic E-state index is 0.105. The fourth-order valence-corrected chi connectivity index (χ4v) is 1.79. The highest BCUT2D eigenvalue weighted by molar-refractivity contribution is 5.89. The lowest BCUT2D eigenvalue weighted by molar-refractivity contribution is -0.139. The van der Waals surface area contributed by atoms with Gasteiger partial charge in [0, 0.05) is 6.20 Å². The summed E-state index contributed by atoms with van der Waals surface area (Å²) in [4.78, 5) is 11.7. The van der Waals surface area contributed by atoms with Crippen molar-refractivity contribution in [1.82, 2.24) is 15.5 Å². The van der Waals surface area contributed by atoms with E-state index in [-0.39, 0.29) is 12.4 Å². The third-order valence-electron chi connectivity index (χ3n) is 2.81. The SMILES string of the molecule is C[C@H](COc1ccccc1C(F)(F)F)NC(=O)Nc1cn[nH]c1. The van der Waals surface area contributed by atoms with Gasteiger partial charge in [0.05, 0.1) is 23.5 Å². The van der Waals surface area contributed by atoms with Gasteiger partial charge in [0.15, 0.2) is 0 Å². The Morgan fingerprint density at radius 1 is 1.39 bits per heavy atom. The van der Waals surface area contributed by atoms with Crippen molar-refractivity contribution in [2.24, 2.45) is 0 Å². The fourth-order valence-electron chi connectivity index (χ4n) is 1.79. The quantitative estimate of drug-likeness (QED) is 0.789. The van der Waals surface area contributed by atoms with Crippen LogP contribution in [0.15, 0.2) is 36.7 Å². The number of para-hydroxylation sites is 1. The molecule has 2 aromatic rings. The summed E-state index contributed by atoms with van der Waals surface area (Å²) >= 11 is 0. The number of halogens is 3. The standard InChI is InChI=1S/C14H15F3N4O2/c1-9(20-13(22)21-10-6-18-19-7-10)8-23-12-5-3-2-4-11(12)14(15,16)17/h2-7,9H,8H2,1H3,(H,18,19)(H2,20,21,22)/t9-/m1/s1. The van der Waals surface area contributed by atoms with E-state index in [0.29, 0.717) is 5.69 Å². The summed E-state index contributed by atoms with van der Waals surface area (Å²) in [5.41, 5.74) is -0.381. The van der Waals surface area contributed by atoms with Crippen LogP contribution in [-0.4, -0.2) is 28.9 Å². The number of hydrogen-bond donors (Lipinski definition) is 3. The van der Waals surface area contributed by atoms with Crippen LogP contribution in [0, 0.1) is 0 Å². The maximum absolute atomic E-state index is 12.8. The predicted molar refractivity (Wildman–Crippen MR) is 77.1 cm³/mol. The van der Waals surface area contributed by atoms with Crippen molar-refractivity contribution in [1.29, 1.82) is 0 Å². The van der Waals surface area contributed by atoms with E-state index in [0.717, 1.165) is 6.07 Å². The molecule has 1 heterocycles. The first-order valence-corrected chi connectivity index (χ1v) is 6.71. The minimum Gasteiger partial charge on any atom is -0.491 e. The average molecular weight is 328 g/mol. The molecule has 0 saturated heterocycles. The predicted octanol–water partition coefficient (Wildman–Crippen LogP) is 3.02. The molecule has 3 N–H and O–H groups in total. The summed E-state index contributed by atoms with van der Waals surface area (Å²) in [5, 5.41) is 11.3. The molecule has 6 nitrogen and oxygen atoms in total. The molecule has 1 aromatic carbocycles. The van der Waals surface area contributed by atoms with Crippen molar-refractivity contribution in [2.45, 2.75) is 19.1 Å². The minimum atomic E-state index is -4.49. The number of rotatable bonds is 5. The summed E-state index contributed by atoms with van der Waals surface area (Å²) in [6.45, 7) is 1.51. The van der Waals surface area contributed by atoms with Crippen LogP contribution in [0.25, 0.3) is 0 Å². The van der Waals surface area contributed by atoms with Crippen molar-refractivity contribution >= 4 is 11.7 Å². The monoisotopic (exact) mass is 328 g/mol. The van der Waals surface area contributed by atoms with Gasteiger partial charge in [-0.3, -0.25) is 5.10 Å². The van der Waals surface area contributed by atoms with E-state index >= 15 is 0 Å². The number of anilines is 1. The summed E-state index contributed by atoms with van der Waals surface area (Å²) in [6, 6.07) is 3.92. The van der Waals surface area contributed by atoms with Gasteiger partial charge in [-0.2, -0.15) is 18.3 Å². The van der Waals surface area contributed by atoms with Gasteiger partial charge in [0.25, 0.3) is 0 Å². The molecule has 0 spiro atoms. The lowest BCUT2D eigenvalue weighted by Crippen LogP contribution is -2.39. The maximum atomic E-state index is 12.8. The zero-order chi connectivity index (χ0) is 16.9. The van der Waals surface area contributed by atoms with Gasteiger partial charge in [0.1, 0.15) is 12.4 Å². The van der Waals surface area contributed by atoms with Gasteiger partial charge in [-0.25, -0.2) is 4.79 Å². The lowest BCUT2D eigenvalue weighted by Gasteiger charge is -2.18. The molecule has 0 aliphatic carbocycles. The molecule has 0 radical (unpaired) electrons. The normalized spacial score (nSPS) is 12.5. The Bertz CT molecular complexity index is 644. The molecular weight excluding hydrogens is 313 g/mol. The molecule has 0 unspecified atom stereocenters. The van der Waals surface area contributed by atoms with E-state index < -0.39 is 23.8 Å². The number of carbonyl (C=O) groups excluding carboxylic acids is 1. The van der Waals surface area contributed by atoms with Crippen LogP contribution < -0.4 is 15.4 Å². The van der Waals surface area contributed by atoms with Gasteiger partial charge >= 0.3 is 12.2 Å². The number of amides is 2. The molecule has 23 heavy (non-hydrogen) atoms. The number of benzene rings is 1. The number of alkyl halides is 3. The molecule has 124 valence electrons. The molecule has 0 bridgehead atoms. The highest BCUT2D eigenvalue weighted by atomic mass is 19.4. The Morgan fingerprint density at radius 3 is 2.78 bits per heavy atom. The van der Waals surface area contributed by atoms with E-state index in [4.69, 9.17) is 4.74 Å². The third-order valence-corrected chi connectivity index (χ3v) is 2.81. The number of carbonyl (C=O) groups is 1. The molecule has 2 amide bonds. The van der Waals surface area contributed by atoms with Crippen LogP contribution in [0.4, 0.5) is 23.7 Å². The van der Waals surface area contributed by atoms with Crippen molar-refractivity contribution in [3.05, 3.63) is 42.2 Å². The Kier molecular flexibility index (Phi) is 5.09. The van der Waals surface area contributed by atoms with Gasteiger partial charge in [-0.1, -0.05) is 12.1 Å². The van der Waals surface area contributed by atoms with Gasteiger partial charge in [-0.05, 0) is 19.1 Å². The maximum Gasteiger partial charge on any atom is 0.419 e. The zero-order valence-corrected chi connectivity index (χ0v) is 12.1. The number of aromatic nitrogens is 2. The van der Waals surface area contributed by atoms with Crippen LogP contribution >= 0.6 is 0 Å². The second-order valence-electron chi connectivity index (χ2n) is 4.79. The number of aromatic amines is 1. The van der Waals surface area contributed by atoms with E-state index in [1.165, 1.54) is 30.6 Å². The van der Waals surface area contributed by atoms with Crippen molar-refractivity contribution < 1.29 is 22.7 Å².